The molecule has 0 saturated carbocycles. The van der Waals surface area contributed by atoms with E-state index in [0.717, 1.165) is 0 Å². The van der Waals surface area contributed by atoms with Crippen LogP contribution in [0.4, 0.5) is 0 Å². The molecular formula is C26H42O3Si2. The summed E-state index contributed by atoms with van der Waals surface area (Å²) in [5.74, 6) is 0. The fourth-order valence-electron chi connectivity index (χ4n) is 3.79. The van der Waals surface area contributed by atoms with Gasteiger partial charge in [-0.15, -0.1) is 0 Å². The van der Waals surface area contributed by atoms with Crippen LogP contribution < -0.4 is 10.4 Å². The van der Waals surface area contributed by atoms with E-state index in [4.69, 9.17) is 8.85 Å². The minimum absolute atomic E-state index is 0.00857. The monoisotopic (exact) mass is 458 g/mol. The molecule has 2 aromatic carbocycles. The van der Waals surface area contributed by atoms with Gasteiger partial charge in [0.15, 0.2) is 8.32 Å². The molecule has 2 aromatic rings. The lowest BCUT2D eigenvalue weighted by molar-refractivity contribution is 0.0844. The molecule has 0 aliphatic carbocycles. The van der Waals surface area contributed by atoms with Gasteiger partial charge in [-0.2, -0.15) is 0 Å². The average Bonchev–Trinajstić information content (AvgIpc) is 2.70. The van der Waals surface area contributed by atoms with Gasteiger partial charge in [-0.25, -0.2) is 0 Å². The molecule has 1 N–H and O–H groups in total. The minimum atomic E-state index is -2.67. The predicted molar refractivity (Wildman–Crippen MR) is 137 cm³/mol. The first-order valence-corrected chi connectivity index (χ1v) is 16.2. The van der Waals surface area contributed by atoms with Crippen LogP contribution in [0.25, 0.3) is 0 Å². The van der Waals surface area contributed by atoms with E-state index in [9.17, 15) is 5.11 Å². The van der Waals surface area contributed by atoms with Crippen molar-refractivity contribution in [2.75, 3.05) is 13.2 Å². The molecule has 0 fully saturated rings. The predicted octanol–water partition coefficient (Wildman–Crippen LogP) is 5.34. The van der Waals surface area contributed by atoms with Crippen molar-refractivity contribution in [1.29, 1.82) is 0 Å². The summed E-state index contributed by atoms with van der Waals surface area (Å²) < 4.78 is 13.4. The summed E-state index contributed by atoms with van der Waals surface area (Å²) in [4.78, 5) is 0. The first kappa shape index (κ1) is 26.0. The standard InChI is InChI=1S/C26H42O3Si2/c1-25(2,3)30(7,8)28-20-19-22(21-27)29-31(26(4,5)6,23-15-11-9-12-16-23)24-17-13-10-14-18-24/h9-18,22,27H,19-21H2,1-8H3/t22-/m0/s1. The van der Waals surface area contributed by atoms with Gasteiger partial charge < -0.3 is 14.0 Å². The Kier molecular flexibility index (Phi) is 8.50. The second-order valence-electron chi connectivity index (χ2n) is 11.0. The van der Waals surface area contributed by atoms with E-state index < -0.39 is 16.6 Å². The Morgan fingerprint density at radius 2 is 1.23 bits per heavy atom. The summed E-state index contributed by atoms with van der Waals surface area (Å²) in [6.45, 7) is 18.7. The molecule has 0 saturated heterocycles. The first-order chi connectivity index (χ1) is 14.3. The Bertz CT molecular complexity index is 753. The molecule has 0 bridgehead atoms. The minimum Gasteiger partial charge on any atom is -0.417 e. The van der Waals surface area contributed by atoms with E-state index in [1.165, 1.54) is 10.4 Å². The van der Waals surface area contributed by atoms with Gasteiger partial charge >= 0.3 is 0 Å². The molecule has 0 radical (unpaired) electrons. The number of aliphatic hydroxyl groups is 1. The van der Waals surface area contributed by atoms with Crippen LogP contribution in [0.15, 0.2) is 60.7 Å². The Balaban J connectivity index is 2.38. The second kappa shape index (κ2) is 10.1. The van der Waals surface area contributed by atoms with Gasteiger partial charge in [0.25, 0.3) is 8.32 Å². The van der Waals surface area contributed by atoms with Crippen LogP contribution in [0, 0.1) is 0 Å². The summed E-state index contributed by atoms with van der Waals surface area (Å²) in [6.07, 6.45) is 0.420. The van der Waals surface area contributed by atoms with Crippen molar-refractivity contribution in [3.63, 3.8) is 0 Å². The molecule has 0 spiro atoms. The lowest BCUT2D eigenvalue weighted by Crippen LogP contribution is -2.68. The first-order valence-electron chi connectivity index (χ1n) is 11.4. The molecule has 0 aliphatic heterocycles. The van der Waals surface area contributed by atoms with Crippen LogP contribution in [0.1, 0.15) is 48.0 Å². The highest BCUT2D eigenvalue weighted by molar-refractivity contribution is 6.99. The van der Waals surface area contributed by atoms with Crippen molar-refractivity contribution >= 4 is 27.0 Å². The number of hydrogen-bond donors (Lipinski definition) is 1. The fraction of sp³-hybridized carbons (Fsp3) is 0.538. The molecule has 0 unspecified atom stereocenters. The van der Waals surface area contributed by atoms with Crippen molar-refractivity contribution in [1.82, 2.24) is 0 Å². The Labute approximate surface area is 192 Å². The van der Waals surface area contributed by atoms with Gasteiger partial charge in [0.05, 0.1) is 12.7 Å². The summed E-state index contributed by atoms with van der Waals surface area (Å²) in [7, 11) is -4.50. The number of aliphatic hydroxyl groups excluding tert-OH is 1. The molecular weight excluding hydrogens is 416 g/mol. The third-order valence-electron chi connectivity index (χ3n) is 6.67. The van der Waals surface area contributed by atoms with Crippen LogP contribution in [-0.4, -0.2) is 41.1 Å². The number of benzene rings is 2. The van der Waals surface area contributed by atoms with Gasteiger partial charge in [-0.1, -0.05) is 102 Å². The fourth-order valence-corrected chi connectivity index (χ4v) is 9.56. The van der Waals surface area contributed by atoms with Crippen molar-refractivity contribution in [2.24, 2.45) is 0 Å². The maximum Gasteiger partial charge on any atom is 0.261 e. The summed E-state index contributed by atoms with van der Waals surface area (Å²) in [5, 5.41) is 12.8. The average molecular weight is 459 g/mol. The van der Waals surface area contributed by atoms with E-state index in [1.54, 1.807) is 0 Å². The van der Waals surface area contributed by atoms with Crippen molar-refractivity contribution in [2.45, 2.75) is 77.2 Å². The summed E-state index contributed by atoms with van der Waals surface area (Å²) in [6, 6.07) is 21.2. The van der Waals surface area contributed by atoms with Crippen LogP contribution in [0.2, 0.25) is 23.2 Å². The molecule has 0 aromatic heterocycles. The van der Waals surface area contributed by atoms with Crippen molar-refractivity contribution < 1.29 is 14.0 Å². The molecule has 0 amide bonds. The Morgan fingerprint density at radius 1 is 0.774 bits per heavy atom. The van der Waals surface area contributed by atoms with Crippen molar-refractivity contribution in [3.8, 4) is 0 Å². The third kappa shape index (κ3) is 5.96. The number of rotatable bonds is 9. The second-order valence-corrected chi connectivity index (χ2v) is 20.0. The quantitative estimate of drug-likeness (QED) is 0.516. The molecule has 5 heteroatoms. The van der Waals surface area contributed by atoms with Gasteiger partial charge in [0, 0.05) is 6.61 Å². The topological polar surface area (TPSA) is 38.7 Å². The smallest absolute Gasteiger partial charge is 0.261 e. The van der Waals surface area contributed by atoms with Crippen LogP contribution >= 0.6 is 0 Å². The van der Waals surface area contributed by atoms with E-state index in [1.807, 2.05) is 12.1 Å². The molecule has 0 aliphatic rings. The van der Waals surface area contributed by atoms with Crippen LogP contribution in [0.3, 0.4) is 0 Å². The highest BCUT2D eigenvalue weighted by atomic mass is 28.4. The zero-order valence-corrected chi connectivity index (χ0v) is 22.7. The molecule has 2 rings (SSSR count). The zero-order chi connectivity index (χ0) is 23.3. The third-order valence-corrected chi connectivity index (χ3v) is 16.3. The van der Waals surface area contributed by atoms with Crippen LogP contribution in [0.5, 0.6) is 0 Å². The lowest BCUT2D eigenvalue weighted by Gasteiger charge is -2.45. The molecule has 3 nitrogen and oxygen atoms in total. The normalized spacial score (nSPS) is 14.5. The van der Waals surface area contributed by atoms with E-state index in [-0.39, 0.29) is 22.8 Å². The van der Waals surface area contributed by atoms with E-state index >= 15 is 0 Å². The summed E-state index contributed by atoms with van der Waals surface area (Å²) >= 11 is 0. The largest absolute Gasteiger partial charge is 0.417 e. The van der Waals surface area contributed by atoms with Gasteiger partial charge in [-0.05, 0) is 40.0 Å². The van der Waals surface area contributed by atoms with Crippen molar-refractivity contribution in [3.05, 3.63) is 60.7 Å². The maximum absolute atomic E-state index is 10.3. The lowest BCUT2D eigenvalue weighted by atomic mass is 10.2. The van der Waals surface area contributed by atoms with E-state index in [2.05, 4.69) is 103 Å². The maximum atomic E-state index is 10.3. The van der Waals surface area contributed by atoms with Crippen LogP contribution in [-0.2, 0) is 8.85 Å². The highest BCUT2D eigenvalue weighted by Crippen LogP contribution is 2.39. The highest BCUT2D eigenvalue weighted by Gasteiger charge is 2.51. The van der Waals surface area contributed by atoms with E-state index in [0.29, 0.717) is 13.0 Å². The molecule has 31 heavy (non-hydrogen) atoms. The zero-order valence-electron chi connectivity index (χ0n) is 20.7. The summed E-state index contributed by atoms with van der Waals surface area (Å²) in [5.41, 5.74) is 0. The molecule has 1 atom stereocenters. The molecule has 172 valence electrons. The SMILES string of the molecule is CC(C)(C)[Si](C)(C)OCC[C@@H](CO)O[Si](c1ccccc1)(c1ccccc1)C(C)(C)C. The van der Waals surface area contributed by atoms with Gasteiger partial charge in [0.1, 0.15) is 0 Å². The Morgan fingerprint density at radius 3 is 1.58 bits per heavy atom. The Hall–Kier alpha value is -1.25. The van der Waals surface area contributed by atoms with Gasteiger partial charge in [0.2, 0.25) is 0 Å². The van der Waals surface area contributed by atoms with Gasteiger partial charge in [-0.3, -0.25) is 0 Å². The molecule has 0 heterocycles. The number of hydrogen-bond acceptors (Lipinski definition) is 3.